The Bertz CT molecular complexity index is 3350. The van der Waals surface area contributed by atoms with Gasteiger partial charge in [0.1, 0.15) is 22.3 Å². The minimum atomic E-state index is 0.681. The van der Waals surface area contributed by atoms with Crippen LogP contribution in [0.3, 0.4) is 0 Å². The maximum Gasteiger partial charge on any atom is 0.135 e. The van der Waals surface area contributed by atoms with Crippen LogP contribution in [0.5, 0.6) is 0 Å². The Morgan fingerprint density at radius 2 is 1.05 bits per heavy atom. The highest BCUT2D eigenvalue weighted by molar-refractivity contribution is 6.12. The minimum Gasteiger partial charge on any atom is -0.456 e. The number of furan rings is 2. The molecule has 58 heavy (non-hydrogen) atoms. The molecule has 1 fully saturated rings. The van der Waals surface area contributed by atoms with E-state index >= 15 is 0 Å². The van der Waals surface area contributed by atoms with Crippen LogP contribution in [0.1, 0.15) is 54.7 Å². The maximum atomic E-state index is 6.43. The Hall–Kier alpha value is -6.84. The molecule has 278 valence electrons. The molecule has 12 rings (SSSR count). The topological polar surface area (TPSA) is 31.2 Å². The standard InChI is InChI=1S/C55H41NO2/c1-3-11-37(12-4-1)40-19-24-51-46(31-40)44-16-7-8-17-50(44)56(51)43-22-27-54-49(34-43)48-33-42(21-26-53(48)57-54)39-15-9-10-35(29-39)28-36-18-23-45-47-32-41(38-13-5-2-6-14-38)20-25-52(47)58-55(45)30-36/h1,3-4,7-12,15-27,29-34,38H,2,5-6,13-14,28H2. The third-order valence-electron chi connectivity index (χ3n) is 12.8. The van der Waals surface area contributed by atoms with E-state index in [1.807, 2.05) is 0 Å². The molecule has 1 saturated carbocycles. The van der Waals surface area contributed by atoms with Crippen molar-refractivity contribution in [1.82, 2.24) is 4.57 Å². The average Bonchev–Trinajstić information content (AvgIpc) is 3.95. The summed E-state index contributed by atoms with van der Waals surface area (Å²) in [5.41, 5.74) is 16.0. The molecule has 0 spiro atoms. The van der Waals surface area contributed by atoms with Crippen molar-refractivity contribution in [2.24, 2.45) is 0 Å². The van der Waals surface area contributed by atoms with E-state index in [-0.39, 0.29) is 0 Å². The van der Waals surface area contributed by atoms with Crippen LogP contribution in [0.2, 0.25) is 0 Å². The van der Waals surface area contributed by atoms with E-state index in [1.165, 1.54) is 104 Å². The first-order valence-corrected chi connectivity index (χ1v) is 20.8. The zero-order valence-electron chi connectivity index (χ0n) is 32.2. The molecule has 3 aromatic heterocycles. The third-order valence-corrected chi connectivity index (χ3v) is 12.8. The summed E-state index contributed by atoms with van der Waals surface area (Å²) in [6.45, 7) is 0. The molecule has 1 aliphatic rings. The number of fused-ring (bicyclic) bond motifs is 9. The molecule has 8 aromatic carbocycles. The Morgan fingerprint density at radius 3 is 1.95 bits per heavy atom. The summed E-state index contributed by atoms with van der Waals surface area (Å²) >= 11 is 0. The van der Waals surface area contributed by atoms with Gasteiger partial charge in [-0.1, -0.05) is 122 Å². The van der Waals surface area contributed by atoms with Crippen molar-refractivity contribution in [2.75, 3.05) is 0 Å². The molecule has 0 bridgehead atoms. The third kappa shape index (κ3) is 5.56. The Labute approximate surface area is 336 Å². The van der Waals surface area contributed by atoms with Gasteiger partial charge in [-0.2, -0.15) is 0 Å². The van der Waals surface area contributed by atoms with Crippen molar-refractivity contribution in [3.8, 4) is 27.9 Å². The summed E-state index contributed by atoms with van der Waals surface area (Å²) in [5, 5.41) is 7.18. The first-order chi connectivity index (χ1) is 28.7. The average molecular weight is 748 g/mol. The summed E-state index contributed by atoms with van der Waals surface area (Å²) in [7, 11) is 0. The van der Waals surface area contributed by atoms with Crippen LogP contribution >= 0.6 is 0 Å². The zero-order chi connectivity index (χ0) is 38.2. The lowest BCUT2D eigenvalue weighted by Crippen LogP contribution is -2.03. The molecule has 11 aromatic rings. The normalized spacial score (nSPS) is 13.9. The van der Waals surface area contributed by atoms with Crippen LogP contribution in [-0.4, -0.2) is 4.57 Å². The van der Waals surface area contributed by atoms with Gasteiger partial charge in [0.25, 0.3) is 0 Å². The van der Waals surface area contributed by atoms with Gasteiger partial charge in [-0.05, 0) is 131 Å². The molecule has 0 amide bonds. The van der Waals surface area contributed by atoms with Crippen molar-refractivity contribution in [1.29, 1.82) is 0 Å². The van der Waals surface area contributed by atoms with E-state index in [9.17, 15) is 0 Å². The highest BCUT2D eigenvalue weighted by Crippen LogP contribution is 2.40. The fraction of sp³-hybridized carbons (Fsp3) is 0.127. The van der Waals surface area contributed by atoms with Crippen LogP contribution in [-0.2, 0) is 6.42 Å². The molecule has 0 N–H and O–H groups in total. The number of hydrogen-bond acceptors (Lipinski definition) is 2. The van der Waals surface area contributed by atoms with E-state index in [0.717, 1.165) is 45.2 Å². The van der Waals surface area contributed by atoms with Crippen molar-refractivity contribution in [3.05, 3.63) is 187 Å². The predicted octanol–water partition coefficient (Wildman–Crippen LogP) is 15.6. The summed E-state index contributed by atoms with van der Waals surface area (Å²) < 4.78 is 15.2. The second kappa shape index (κ2) is 13.4. The molecule has 3 heterocycles. The number of aromatic nitrogens is 1. The first kappa shape index (κ1) is 33.3. The summed E-state index contributed by atoms with van der Waals surface area (Å²) in [5.74, 6) is 0.681. The molecule has 3 nitrogen and oxygen atoms in total. The number of hydrogen-bond donors (Lipinski definition) is 0. The van der Waals surface area contributed by atoms with Gasteiger partial charge in [-0.3, -0.25) is 0 Å². The summed E-state index contributed by atoms with van der Waals surface area (Å²) in [6, 6.07) is 62.0. The minimum absolute atomic E-state index is 0.681. The number of para-hydroxylation sites is 1. The van der Waals surface area contributed by atoms with E-state index in [4.69, 9.17) is 8.83 Å². The number of benzene rings is 8. The van der Waals surface area contributed by atoms with E-state index < -0.39 is 0 Å². The lowest BCUT2D eigenvalue weighted by Gasteiger charge is -2.21. The number of nitrogens with zero attached hydrogens (tertiary/aromatic N) is 1. The smallest absolute Gasteiger partial charge is 0.135 e. The summed E-state index contributed by atoms with van der Waals surface area (Å²) in [4.78, 5) is 0. The zero-order valence-corrected chi connectivity index (χ0v) is 32.2. The molecular weight excluding hydrogens is 707 g/mol. The fourth-order valence-corrected chi connectivity index (χ4v) is 9.88. The fourth-order valence-electron chi connectivity index (χ4n) is 9.88. The lowest BCUT2D eigenvalue weighted by molar-refractivity contribution is 0.444. The van der Waals surface area contributed by atoms with Crippen LogP contribution in [0.25, 0.3) is 93.6 Å². The van der Waals surface area contributed by atoms with Gasteiger partial charge in [0, 0.05) is 38.0 Å². The van der Waals surface area contributed by atoms with E-state index in [2.05, 4.69) is 174 Å². The van der Waals surface area contributed by atoms with Gasteiger partial charge >= 0.3 is 0 Å². The van der Waals surface area contributed by atoms with Gasteiger partial charge in [0.05, 0.1) is 11.0 Å². The molecule has 0 radical (unpaired) electrons. The highest BCUT2D eigenvalue weighted by atomic mass is 16.3. The monoisotopic (exact) mass is 747 g/mol. The molecule has 0 atom stereocenters. The van der Waals surface area contributed by atoms with Crippen LogP contribution in [0.15, 0.2) is 179 Å². The van der Waals surface area contributed by atoms with Crippen molar-refractivity contribution >= 4 is 65.7 Å². The highest BCUT2D eigenvalue weighted by Gasteiger charge is 2.19. The SMILES string of the molecule is c1ccc(-c2ccc3c(c2)c2ccccc2n3-c2ccc3oc4ccc(-c5cccc(Cc6ccc7c(c6)oc6ccc(C8CCCCC8)cc67)c5)cc4c3c2)cc1. The molecule has 0 aliphatic heterocycles. The quantitative estimate of drug-likeness (QED) is 0.170. The van der Waals surface area contributed by atoms with Gasteiger partial charge in [0.2, 0.25) is 0 Å². The molecule has 3 heteroatoms. The lowest BCUT2D eigenvalue weighted by atomic mass is 9.84. The van der Waals surface area contributed by atoms with Crippen molar-refractivity contribution in [3.63, 3.8) is 0 Å². The Kier molecular flexibility index (Phi) is 7.69. The van der Waals surface area contributed by atoms with Gasteiger partial charge < -0.3 is 13.4 Å². The first-order valence-electron chi connectivity index (χ1n) is 20.8. The Morgan fingerprint density at radius 1 is 0.397 bits per heavy atom. The second-order valence-electron chi connectivity index (χ2n) is 16.3. The van der Waals surface area contributed by atoms with Gasteiger partial charge in [-0.25, -0.2) is 0 Å². The second-order valence-corrected chi connectivity index (χ2v) is 16.3. The van der Waals surface area contributed by atoms with Crippen LogP contribution in [0, 0.1) is 0 Å². The molecular formula is C55H41NO2. The van der Waals surface area contributed by atoms with Gasteiger partial charge in [-0.15, -0.1) is 0 Å². The largest absolute Gasteiger partial charge is 0.456 e. The molecule has 1 aliphatic carbocycles. The van der Waals surface area contributed by atoms with Crippen LogP contribution in [0.4, 0.5) is 0 Å². The maximum absolute atomic E-state index is 6.43. The molecule has 0 saturated heterocycles. The number of rotatable bonds is 6. The summed E-state index contributed by atoms with van der Waals surface area (Å²) in [6.07, 6.45) is 7.50. The van der Waals surface area contributed by atoms with Crippen molar-refractivity contribution in [2.45, 2.75) is 44.4 Å². The van der Waals surface area contributed by atoms with Crippen LogP contribution < -0.4 is 0 Å². The van der Waals surface area contributed by atoms with Crippen molar-refractivity contribution < 1.29 is 8.83 Å². The van der Waals surface area contributed by atoms with Gasteiger partial charge in [0.15, 0.2) is 0 Å². The van der Waals surface area contributed by atoms with E-state index in [1.54, 1.807) is 0 Å². The van der Waals surface area contributed by atoms with E-state index in [0.29, 0.717) is 5.92 Å². The Balaban J connectivity index is 0.880. The predicted molar refractivity (Wildman–Crippen MR) is 241 cm³/mol. The molecule has 0 unspecified atom stereocenters.